The van der Waals surface area contributed by atoms with E-state index in [4.69, 9.17) is 8.83 Å². The van der Waals surface area contributed by atoms with E-state index in [9.17, 15) is 19.7 Å². The maximum Gasteiger partial charge on any atom is 0.291 e. The van der Waals surface area contributed by atoms with Crippen LogP contribution in [0.25, 0.3) is 11.3 Å². The van der Waals surface area contributed by atoms with Crippen LogP contribution in [0.2, 0.25) is 0 Å². The van der Waals surface area contributed by atoms with Crippen LogP contribution in [0, 0.1) is 10.1 Å². The summed E-state index contributed by atoms with van der Waals surface area (Å²) in [4.78, 5) is 34.7. The monoisotopic (exact) mass is 417 g/mol. The van der Waals surface area contributed by atoms with Gasteiger partial charge in [-0.1, -0.05) is 0 Å². The molecule has 0 radical (unpaired) electrons. The average molecular weight is 417 g/mol. The van der Waals surface area contributed by atoms with Crippen molar-refractivity contribution in [1.82, 2.24) is 0 Å². The van der Waals surface area contributed by atoms with E-state index in [2.05, 4.69) is 10.6 Å². The molecule has 2 aromatic carbocycles. The zero-order chi connectivity index (χ0) is 21.8. The second-order valence-corrected chi connectivity index (χ2v) is 6.43. The highest BCUT2D eigenvalue weighted by atomic mass is 16.6. The van der Waals surface area contributed by atoms with Gasteiger partial charge in [0.15, 0.2) is 11.5 Å². The summed E-state index contributed by atoms with van der Waals surface area (Å²) in [6.45, 7) is 0. The van der Waals surface area contributed by atoms with Gasteiger partial charge in [-0.2, -0.15) is 0 Å². The van der Waals surface area contributed by atoms with Gasteiger partial charge in [-0.3, -0.25) is 19.7 Å². The first kappa shape index (κ1) is 19.6. The van der Waals surface area contributed by atoms with Gasteiger partial charge in [0.25, 0.3) is 17.5 Å². The quantitative estimate of drug-likeness (QED) is 0.337. The summed E-state index contributed by atoms with van der Waals surface area (Å²) < 4.78 is 10.6. The Balaban J connectivity index is 1.39. The minimum Gasteiger partial charge on any atom is -0.459 e. The number of nitrogens with zero attached hydrogens (tertiary/aromatic N) is 1. The maximum atomic E-state index is 12.4. The molecule has 2 heterocycles. The molecule has 2 aromatic heterocycles. The number of non-ortho nitro benzene ring substituents is 1. The van der Waals surface area contributed by atoms with Gasteiger partial charge in [0.2, 0.25) is 0 Å². The smallest absolute Gasteiger partial charge is 0.291 e. The van der Waals surface area contributed by atoms with Gasteiger partial charge in [-0.05, 0) is 60.7 Å². The molecule has 0 saturated carbocycles. The van der Waals surface area contributed by atoms with Gasteiger partial charge < -0.3 is 19.5 Å². The highest BCUT2D eigenvalue weighted by molar-refractivity contribution is 6.04. The lowest BCUT2D eigenvalue weighted by molar-refractivity contribution is -0.384. The van der Waals surface area contributed by atoms with Crippen molar-refractivity contribution in [2.24, 2.45) is 0 Å². The van der Waals surface area contributed by atoms with Crippen LogP contribution in [0.4, 0.5) is 17.1 Å². The predicted octanol–water partition coefficient (Wildman–Crippen LogP) is 4.95. The van der Waals surface area contributed by atoms with Crippen LogP contribution in [-0.4, -0.2) is 16.7 Å². The van der Waals surface area contributed by atoms with E-state index in [1.165, 1.54) is 24.5 Å². The van der Waals surface area contributed by atoms with Gasteiger partial charge in [0.05, 0.1) is 11.2 Å². The first-order valence-corrected chi connectivity index (χ1v) is 9.10. The second kappa shape index (κ2) is 8.37. The highest BCUT2D eigenvalue weighted by Gasteiger charge is 2.14. The predicted molar refractivity (Wildman–Crippen MR) is 112 cm³/mol. The van der Waals surface area contributed by atoms with E-state index in [1.54, 1.807) is 54.6 Å². The number of anilines is 2. The minimum absolute atomic E-state index is 0.0305. The molecule has 31 heavy (non-hydrogen) atoms. The largest absolute Gasteiger partial charge is 0.459 e. The third-order valence-corrected chi connectivity index (χ3v) is 4.34. The number of nitrogens with one attached hydrogen (secondary N) is 2. The van der Waals surface area contributed by atoms with E-state index in [1.807, 2.05) is 0 Å². The summed E-state index contributed by atoms with van der Waals surface area (Å²) in [6, 6.07) is 18.7. The molecule has 0 fully saturated rings. The average Bonchev–Trinajstić information content (AvgIpc) is 3.48. The van der Waals surface area contributed by atoms with Crippen molar-refractivity contribution < 1.29 is 23.3 Å². The van der Waals surface area contributed by atoms with Crippen molar-refractivity contribution in [2.75, 3.05) is 10.6 Å². The first-order valence-electron chi connectivity index (χ1n) is 9.10. The lowest BCUT2D eigenvalue weighted by atomic mass is 10.1. The molecular weight excluding hydrogens is 402 g/mol. The maximum absolute atomic E-state index is 12.4. The van der Waals surface area contributed by atoms with Crippen LogP contribution in [0.5, 0.6) is 0 Å². The fourth-order valence-corrected chi connectivity index (χ4v) is 2.79. The fraction of sp³-hybridized carbons (Fsp3) is 0. The molecule has 0 aliphatic rings. The molecule has 0 aliphatic carbocycles. The zero-order valence-corrected chi connectivity index (χ0v) is 15.9. The summed E-state index contributed by atoms with van der Waals surface area (Å²) >= 11 is 0. The Kier molecular flexibility index (Phi) is 5.31. The van der Waals surface area contributed by atoms with Gasteiger partial charge in [0.1, 0.15) is 5.76 Å². The summed E-state index contributed by atoms with van der Waals surface area (Å²) in [6.07, 6.45) is 1.41. The Morgan fingerprint density at radius 3 is 1.94 bits per heavy atom. The molecule has 0 spiro atoms. The summed E-state index contributed by atoms with van der Waals surface area (Å²) in [5, 5.41) is 16.1. The molecule has 154 valence electrons. The molecule has 9 nitrogen and oxygen atoms in total. The number of carbonyl (C=O) groups excluding carboxylic acids is 2. The van der Waals surface area contributed by atoms with Crippen molar-refractivity contribution in [3.63, 3.8) is 0 Å². The van der Waals surface area contributed by atoms with Gasteiger partial charge in [-0.25, -0.2) is 0 Å². The molecular formula is C22H15N3O6. The molecule has 2 N–H and O–H groups in total. The number of hydrogen-bond acceptors (Lipinski definition) is 6. The van der Waals surface area contributed by atoms with E-state index < -0.39 is 10.8 Å². The molecule has 4 rings (SSSR count). The number of nitro benzene ring substituents is 1. The third-order valence-electron chi connectivity index (χ3n) is 4.34. The lowest BCUT2D eigenvalue weighted by Crippen LogP contribution is -2.12. The van der Waals surface area contributed by atoms with Crippen molar-refractivity contribution in [1.29, 1.82) is 0 Å². The molecule has 0 aliphatic heterocycles. The van der Waals surface area contributed by atoms with Crippen molar-refractivity contribution in [3.8, 4) is 11.3 Å². The SMILES string of the molecule is O=C(Nc1ccc(NC(=O)c2ccc(-c3ccc([N+](=O)[O-])cc3)o2)cc1)c1ccco1. The second-order valence-electron chi connectivity index (χ2n) is 6.43. The fourth-order valence-electron chi connectivity index (χ4n) is 2.79. The van der Waals surface area contributed by atoms with Crippen LogP contribution in [0.3, 0.4) is 0 Å². The molecule has 4 aromatic rings. The molecule has 0 atom stereocenters. The zero-order valence-electron chi connectivity index (χ0n) is 15.9. The molecule has 0 unspecified atom stereocenters. The van der Waals surface area contributed by atoms with Crippen molar-refractivity contribution in [2.45, 2.75) is 0 Å². The van der Waals surface area contributed by atoms with Gasteiger partial charge >= 0.3 is 0 Å². The summed E-state index contributed by atoms with van der Waals surface area (Å²) in [5.41, 5.74) is 1.63. The Morgan fingerprint density at radius 2 is 1.39 bits per heavy atom. The minimum atomic E-state index is -0.488. The third kappa shape index (κ3) is 4.51. The van der Waals surface area contributed by atoms with E-state index in [0.29, 0.717) is 22.7 Å². The van der Waals surface area contributed by atoms with Crippen LogP contribution in [0.1, 0.15) is 21.1 Å². The van der Waals surface area contributed by atoms with Crippen LogP contribution in [0.15, 0.2) is 87.9 Å². The van der Waals surface area contributed by atoms with E-state index in [0.717, 1.165) is 0 Å². The van der Waals surface area contributed by atoms with Gasteiger partial charge in [-0.15, -0.1) is 0 Å². The van der Waals surface area contributed by atoms with Crippen molar-refractivity contribution in [3.05, 3.63) is 101 Å². The molecule has 2 amide bonds. The number of nitro groups is 1. The number of furan rings is 2. The number of rotatable bonds is 6. The standard InChI is InChI=1S/C22H15N3O6/c26-21(19-2-1-13-30-19)23-15-5-7-16(8-6-15)24-22(27)20-12-11-18(31-20)14-3-9-17(10-4-14)25(28)29/h1-13H,(H,23,26)(H,24,27). The number of carbonyl (C=O) groups is 2. The Bertz CT molecular complexity index is 1230. The highest BCUT2D eigenvalue weighted by Crippen LogP contribution is 2.25. The Labute approximate surface area is 175 Å². The van der Waals surface area contributed by atoms with Crippen LogP contribution < -0.4 is 10.6 Å². The first-order chi connectivity index (χ1) is 15.0. The number of amides is 2. The summed E-state index contributed by atoms with van der Waals surface area (Å²) in [5.74, 6) is -0.143. The van der Waals surface area contributed by atoms with E-state index >= 15 is 0 Å². The number of benzene rings is 2. The molecule has 0 bridgehead atoms. The van der Waals surface area contributed by atoms with Crippen LogP contribution >= 0.6 is 0 Å². The van der Waals surface area contributed by atoms with Crippen LogP contribution in [-0.2, 0) is 0 Å². The van der Waals surface area contributed by atoms with Crippen molar-refractivity contribution >= 4 is 28.9 Å². The molecule has 9 heteroatoms. The number of hydrogen-bond donors (Lipinski definition) is 2. The topological polar surface area (TPSA) is 128 Å². The van der Waals surface area contributed by atoms with E-state index in [-0.39, 0.29) is 23.1 Å². The Morgan fingerprint density at radius 1 is 0.774 bits per heavy atom. The normalized spacial score (nSPS) is 10.5. The van der Waals surface area contributed by atoms with Gasteiger partial charge in [0, 0.05) is 29.1 Å². The summed E-state index contributed by atoms with van der Waals surface area (Å²) in [7, 11) is 0. The lowest BCUT2D eigenvalue weighted by Gasteiger charge is -2.06. The molecule has 0 saturated heterocycles. The Hall–Kier alpha value is -4.66.